The third kappa shape index (κ3) is 4.79. The van der Waals surface area contributed by atoms with Crippen LogP contribution < -0.4 is 19.7 Å². The zero-order valence-corrected chi connectivity index (χ0v) is 20.0. The minimum atomic E-state index is -0.817. The van der Waals surface area contributed by atoms with Crippen LogP contribution in [0, 0.1) is 9.39 Å². The van der Waals surface area contributed by atoms with E-state index in [2.05, 4.69) is 5.32 Å². The fourth-order valence-corrected chi connectivity index (χ4v) is 4.15. The van der Waals surface area contributed by atoms with Crippen molar-refractivity contribution in [3.8, 4) is 11.5 Å². The number of anilines is 1. The number of amides is 4. The van der Waals surface area contributed by atoms with Gasteiger partial charge in [0.25, 0.3) is 11.8 Å². The number of imide groups is 2. The molecule has 172 valence electrons. The van der Waals surface area contributed by atoms with Crippen LogP contribution in [0.2, 0.25) is 0 Å². The number of nitrogens with zero attached hydrogens (tertiary/aromatic N) is 1. The summed E-state index contributed by atoms with van der Waals surface area (Å²) in [4.78, 5) is 38.7. The lowest BCUT2D eigenvalue weighted by Gasteiger charge is -2.26. The van der Waals surface area contributed by atoms with E-state index in [4.69, 9.17) is 9.47 Å². The molecule has 34 heavy (non-hydrogen) atoms. The van der Waals surface area contributed by atoms with Gasteiger partial charge in [0, 0.05) is 5.56 Å². The Labute approximate surface area is 208 Å². The maximum Gasteiger partial charge on any atom is 0.335 e. The largest absolute Gasteiger partial charge is 0.493 e. The molecule has 0 atom stereocenters. The van der Waals surface area contributed by atoms with Crippen molar-refractivity contribution in [3.05, 3.63) is 92.8 Å². The number of carbonyl (C=O) groups excluding carboxylic acids is 3. The van der Waals surface area contributed by atoms with Gasteiger partial charge in [-0.15, -0.1) is 0 Å². The summed E-state index contributed by atoms with van der Waals surface area (Å²) in [5, 5.41) is 2.19. The van der Waals surface area contributed by atoms with Crippen LogP contribution in [0.5, 0.6) is 11.5 Å². The van der Waals surface area contributed by atoms with E-state index in [0.29, 0.717) is 31.9 Å². The number of carbonyl (C=O) groups is 3. The van der Waals surface area contributed by atoms with Gasteiger partial charge < -0.3 is 9.47 Å². The van der Waals surface area contributed by atoms with E-state index in [1.54, 1.807) is 60.7 Å². The van der Waals surface area contributed by atoms with Crippen LogP contribution >= 0.6 is 22.6 Å². The number of halogens is 2. The number of barbiturate groups is 1. The minimum Gasteiger partial charge on any atom is -0.493 e. The number of hydrogen-bond donors (Lipinski definition) is 1. The molecule has 1 aliphatic heterocycles. The average molecular weight is 572 g/mol. The molecule has 0 saturated carbocycles. The third-order valence-electron chi connectivity index (χ3n) is 5.01. The molecule has 1 N–H and O–H groups in total. The molecule has 1 heterocycles. The van der Waals surface area contributed by atoms with Gasteiger partial charge in [-0.25, -0.2) is 14.1 Å². The Hall–Kier alpha value is -3.73. The van der Waals surface area contributed by atoms with Crippen molar-refractivity contribution in [1.29, 1.82) is 0 Å². The molecule has 0 aliphatic carbocycles. The first-order valence-corrected chi connectivity index (χ1v) is 11.2. The Morgan fingerprint density at radius 2 is 1.74 bits per heavy atom. The van der Waals surface area contributed by atoms with Crippen LogP contribution in [0.15, 0.2) is 72.3 Å². The molecule has 4 amide bonds. The van der Waals surface area contributed by atoms with E-state index in [1.165, 1.54) is 19.3 Å². The average Bonchev–Trinajstić information content (AvgIpc) is 2.82. The van der Waals surface area contributed by atoms with Crippen molar-refractivity contribution in [3.63, 3.8) is 0 Å². The maximum atomic E-state index is 13.9. The molecule has 0 unspecified atom stereocenters. The first-order valence-electron chi connectivity index (χ1n) is 10.1. The van der Waals surface area contributed by atoms with Crippen LogP contribution in [0.3, 0.4) is 0 Å². The quantitative estimate of drug-likeness (QED) is 0.264. The molecule has 1 fully saturated rings. The zero-order chi connectivity index (χ0) is 24.2. The minimum absolute atomic E-state index is 0.00545. The van der Waals surface area contributed by atoms with Crippen molar-refractivity contribution in [1.82, 2.24) is 5.32 Å². The number of urea groups is 1. The smallest absolute Gasteiger partial charge is 0.335 e. The van der Waals surface area contributed by atoms with Crippen LogP contribution in [0.1, 0.15) is 11.1 Å². The van der Waals surface area contributed by atoms with Crippen molar-refractivity contribution < 1.29 is 28.2 Å². The molecule has 1 saturated heterocycles. The predicted octanol–water partition coefficient (Wildman–Crippen LogP) is 4.68. The fraction of sp³-hybridized carbons (Fsp3) is 0.0800. The summed E-state index contributed by atoms with van der Waals surface area (Å²) in [5.41, 5.74) is 1.01. The van der Waals surface area contributed by atoms with E-state index in [1.807, 2.05) is 22.6 Å². The number of methoxy groups -OCH3 is 1. The van der Waals surface area contributed by atoms with Crippen LogP contribution in [0.4, 0.5) is 14.9 Å². The molecule has 1 aliphatic rings. The lowest BCUT2D eigenvalue weighted by atomic mass is 10.1. The molecule has 7 nitrogen and oxygen atoms in total. The van der Waals surface area contributed by atoms with Gasteiger partial charge in [-0.1, -0.05) is 36.4 Å². The van der Waals surface area contributed by atoms with Crippen LogP contribution in [-0.2, 0) is 16.2 Å². The summed E-state index contributed by atoms with van der Waals surface area (Å²) >= 11 is 2.03. The Kier molecular flexibility index (Phi) is 6.92. The summed E-state index contributed by atoms with van der Waals surface area (Å²) in [6.07, 6.45) is 1.38. The summed E-state index contributed by atoms with van der Waals surface area (Å²) in [6.45, 7) is -0.00545. The topological polar surface area (TPSA) is 84.9 Å². The molecular formula is C25H18FIN2O5. The molecule has 3 aromatic carbocycles. The number of benzene rings is 3. The summed E-state index contributed by atoms with van der Waals surface area (Å²) in [5.74, 6) is -1.18. The normalized spacial score (nSPS) is 14.9. The van der Waals surface area contributed by atoms with Crippen molar-refractivity contribution >= 4 is 52.2 Å². The predicted molar refractivity (Wildman–Crippen MR) is 132 cm³/mol. The Bertz CT molecular complexity index is 1310. The second kappa shape index (κ2) is 10.0. The summed E-state index contributed by atoms with van der Waals surface area (Å²) in [6, 6.07) is 17.1. The highest BCUT2D eigenvalue weighted by Crippen LogP contribution is 2.35. The first-order chi connectivity index (χ1) is 16.4. The molecule has 9 heteroatoms. The van der Waals surface area contributed by atoms with Gasteiger partial charge in [0.05, 0.1) is 16.4 Å². The molecule has 0 bridgehead atoms. The number of nitrogens with one attached hydrogen (secondary N) is 1. The van der Waals surface area contributed by atoms with Gasteiger partial charge in [0.15, 0.2) is 11.5 Å². The Morgan fingerprint density at radius 1 is 1.03 bits per heavy atom. The van der Waals surface area contributed by atoms with Gasteiger partial charge in [0.1, 0.15) is 18.0 Å². The Morgan fingerprint density at radius 3 is 2.44 bits per heavy atom. The van der Waals surface area contributed by atoms with Gasteiger partial charge in [-0.05, 0) is 64.6 Å². The zero-order valence-electron chi connectivity index (χ0n) is 17.9. The highest BCUT2D eigenvalue weighted by molar-refractivity contribution is 14.1. The lowest BCUT2D eigenvalue weighted by molar-refractivity contribution is -0.122. The van der Waals surface area contributed by atoms with E-state index in [9.17, 15) is 18.8 Å². The molecule has 3 aromatic rings. The van der Waals surface area contributed by atoms with E-state index in [-0.39, 0.29) is 18.0 Å². The van der Waals surface area contributed by atoms with Crippen molar-refractivity contribution in [2.24, 2.45) is 0 Å². The van der Waals surface area contributed by atoms with Crippen LogP contribution in [0.25, 0.3) is 6.08 Å². The Balaban J connectivity index is 1.65. The highest BCUT2D eigenvalue weighted by atomic mass is 127. The van der Waals surface area contributed by atoms with Crippen molar-refractivity contribution in [2.45, 2.75) is 6.61 Å². The molecule has 0 spiro atoms. The number of hydrogen-bond acceptors (Lipinski definition) is 5. The molecule has 4 rings (SSSR count). The lowest BCUT2D eigenvalue weighted by Crippen LogP contribution is -2.54. The maximum absolute atomic E-state index is 13.9. The van der Waals surface area contributed by atoms with Gasteiger partial charge in [0.2, 0.25) is 0 Å². The molecule has 0 aromatic heterocycles. The van der Waals surface area contributed by atoms with E-state index >= 15 is 0 Å². The monoisotopic (exact) mass is 572 g/mol. The van der Waals surface area contributed by atoms with Gasteiger partial charge in [-0.3, -0.25) is 14.9 Å². The standard InChI is InChI=1S/C25H18FIN2O5/c1-33-21-13-15(12-20(27)22(21)34-14-16-7-5-6-10-19(16)26)11-18-23(30)28-25(32)29(24(18)31)17-8-3-2-4-9-17/h2-13H,14H2,1H3,(H,28,30,32)/b18-11+. The second-order valence-corrected chi connectivity index (χ2v) is 8.37. The van der Waals surface area contributed by atoms with Gasteiger partial charge >= 0.3 is 6.03 Å². The second-order valence-electron chi connectivity index (χ2n) is 7.21. The van der Waals surface area contributed by atoms with Gasteiger partial charge in [-0.2, -0.15) is 0 Å². The fourth-order valence-electron chi connectivity index (χ4n) is 3.36. The van der Waals surface area contributed by atoms with E-state index < -0.39 is 17.8 Å². The SMILES string of the molecule is COc1cc(/C=C2\C(=O)NC(=O)N(c3ccccc3)C2=O)cc(I)c1OCc1ccccc1F. The van der Waals surface area contributed by atoms with E-state index in [0.717, 1.165) is 4.90 Å². The number of para-hydroxylation sites is 1. The summed E-state index contributed by atoms with van der Waals surface area (Å²) < 4.78 is 25.8. The van der Waals surface area contributed by atoms with Crippen LogP contribution in [-0.4, -0.2) is 25.0 Å². The molecule has 0 radical (unpaired) electrons. The first kappa shape index (κ1) is 23.4. The summed E-state index contributed by atoms with van der Waals surface area (Å²) in [7, 11) is 1.45. The third-order valence-corrected chi connectivity index (χ3v) is 5.81. The number of ether oxygens (including phenoxy) is 2. The highest BCUT2D eigenvalue weighted by Gasteiger charge is 2.36. The molecular weight excluding hydrogens is 554 g/mol. The van der Waals surface area contributed by atoms with Crippen molar-refractivity contribution in [2.75, 3.05) is 12.0 Å². The number of rotatable bonds is 6.